The summed E-state index contributed by atoms with van der Waals surface area (Å²) in [6, 6.07) is 1.76. The van der Waals surface area contributed by atoms with Crippen LogP contribution < -0.4 is 5.32 Å². The van der Waals surface area contributed by atoms with Crippen LogP contribution in [-0.2, 0) is 17.8 Å². The van der Waals surface area contributed by atoms with Crippen LogP contribution in [0, 0.1) is 0 Å². The molecule has 0 atom stereocenters. The van der Waals surface area contributed by atoms with Crippen LogP contribution in [0.2, 0.25) is 0 Å². The minimum Gasteiger partial charge on any atom is -0.464 e. The molecule has 0 bridgehead atoms. The number of halogens is 1. The van der Waals surface area contributed by atoms with Gasteiger partial charge in [-0.25, -0.2) is 4.79 Å². The number of methoxy groups -OCH3 is 1. The highest BCUT2D eigenvalue weighted by atomic mass is 35.5. The molecular weight excluding hydrogens is 206 g/mol. The summed E-state index contributed by atoms with van der Waals surface area (Å²) in [5.74, 6) is -0.373. The van der Waals surface area contributed by atoms with Gasteiger partial charge in [0.15, 0.2) is 5.69 Å². The van der Waals surface area contributed by atoms with Gasteiger partial charge in [0.1, 0.15) is 0 Å². The van der Waals surface area contributed by atoms with Crippen LogP contribution in [0.1, 0.15) is 16.2 Å². The smallest absolute Gasteiger partial charge is 0.358 e. The lowest BCUT2D eigenvalue weighted by Gasteiger charge is -2.13. The predicted octanol–water partition coefficient (Wildman–Crippen LogP) is 0.195. The lowest BCUT2D eigenvalue weighted by molar-refractivity contribution is 0.0593. The van der Waals surface area contributed by atoms with Crippen LogP contribution in [0.5, 0.6) is 0 Å². The van der Waals surface area contributed by atoms with Gasteiger partial charge in [-0.2, -0.15) is 5.10 Å². The molecule has 1 aliphatic heterocycles. The molecule has 2 rings (SSSR count). The molecule has 0 fully saturated rings. The summed E-state index contributed by atoms with van der Waals surface area (Å²) < 4.78 is 6.41. The number of ether oxygens (including phenoxy) is 1. The summed E-state index contributed by atoms with van der Waals surface area (Å²) in [7, 11) is 1.36. The SMILES string of the molecule is COC(=O)c1cc2n(n1)CCNC2.Cl. The third-order valence-electron chi connectivity index (χ3n) is 2.06. The van der Waals surface area contributed by atoms with E-state index in [0.29, 0.717) is 5.69 Å². The molecule has 0 spiro atoms. The van der Waals surface area contributed by atoms with E-state index in [0.717, 1.165) is 25.3 Å². The number of hydrogen-bond acceptors (Lipinski definition) is 4. The summed E-state index contributed by atoms with van der Waals surface area (Å²) in [6.45, 7) is 2.48. The average Bonchev–Trinajstić information content (AvgIpc) is 2.59. The number of carbonyl (C=O) groups excluding carboxylic acids is 1. The molecule has 1 N–H and O–H groups in total. The van der Waals surface area contributed by atoms with E-state index >= 15 is 0 Å². The maximum Gasteiger partial charge on any atom is 0.358 e. The molecule has 6 heteroatoms. The molecule has 0 saturated carbocycles. The molecule has 1 aromatic heterocycles. The molecular formula is C8H12ClN3O2. The molecule has 5 nitrogen and oxygen atoms in total. The van der Waals surface area contributed by atoms with Gasteiger partial charge >= 0.3 is 5.97 Å². The number of carbonyl (C=O) groups is 1. The van der Waals surface area contributed by atoms with E-state index < -0.39 is 0 Å². The Labute approximate surface area is 87.8 Å². The van der Waals surface area contributed by atoms with Gasteiger partial charge in [0.05, 0.1) is 19.3 Å². The first-order chi connectivity index (χ1) is 6.31. The zero-order chi connectivity index (χ0) is 9.26. The third-order valence-corrected chi connectivity index (χ3v) is 2.06. The molecule has 0 aromatic carbocycles. The van der Waals surface area contributed by atoms with Crippen molar-refractivity contribution in [2.45, 2.75) is 13.1 Å². The van der Waals surface area contributed by atoms with Crippen LogP contribution in [0.25, 0.3) is 0 Å². The van der Waals surface area contributed by atoms with E-state index in [9.17, 15) is 4.79 Å². The highest BCUT2D eigenvalue weighted by Gasteiger charge is 2.16. The summed E-state index contributed by atoms with van der Waals surface area (Å²) in [6.07, 6.45) is 0. The maximum atomic E-state index is 11.1. The first-order valence-corrected chi connectivity index (χ1v) is 4.17. The monoisotopic (exact) mass is 217 g/mol. The van der Waals surface area contributed by atoms with Crippen molar-refractivity contribution in [1.29, 1.82) is 0 Å². The summed E-state index contributed by atoms with van der Waals surface area (Å²) in [5, 5.41) is 7.32. The van der Waals surface area contributed by atoms with Gasteiger partial charge in [0.2, 0.25) is 0 Å². The number of aromatic nitrogens is 2. The highest BCUT2D eigenvalue weighted by molar-refractivity contribution is 5.87. The Hall–Kier alpha value is -1.07. The fraction of sp³-hybridized carbons (Fsp3) is 0.500. The van der Waals surface area contributed by atoms with E-state index in [-0.39, 0.29) is 18.4 Å². The molecule has 14 heavy (non-hydrogen) atoms. The van der Waals surface area contributed by atoms with E-state index in [2.05, 4.69) is 15.2 Å². The Morgan fingerprint density at radius 3 is 3.14 bits per heavy atom. The van der Waals surface area contributed by atoms with Crippen molar-refractivity contribution in [2.24, 2.45) is 0 Å². The van der Waals surface area contributed by atoms with E-state index in [1.165, 1.54) is 7.11 Å². The molecule has 78 valence electrons. The molecule has 0 radical (unpaired) electrons. The minimum atomic E-state index is -0.373. The second kappa shape index (κ2) is 4.43. The Morgan fingerprint density at radius 1 is 1.71 bits per heavy atom. The van der Waals surface area contributed by atoms with Gasteiger partial charge in [0.25, 0.3) is 0 Å². The number of rotatable bonds is 1. The Bertz CT molecular complexity index is 314. The second-order valence-corrected chi connectivity index (χ2v) is 2.91. The van der Waals surface area contributed by atoms with Crippen molar-refractivity contribution in [3.63, 3.8) is 0 Å². The fourth-order valence-corrected chi connectivity index (χ4v) is 1.40. The third kappa shape index (κ3) is 1.88. The molecule has 0 saturated heterocycles. The lowest BCUT2D eigenvalue weighted by atomic mass is 10.3. The fourth-order valence-electron chi connectivity index (χ4n) is 1.40. The topological polar surface area (TPSA) is 56.2 Å². The molecule has 1 aromatic rings. The zero-order valence-corrected chi connectivity index (χ0v) is 8.63. The largest absolute Gasteiger partial charge is 0.464 e. The minimum absolute atomic E-state index is 0. The number of fused-ring (bicyclic) bond motifs is 1. The maximum absolute atomic E-state index is 11.1. The standard InChI is InChI=1S/C8H11N3O2.ClH/c1-13-8(12)7-4-6-5-9-2-3-11(6)10-7;/h4,9H,2-3,5H2,1H3;1H. The average molecular weight is 218 g/mol. The summed E-state index contributed by atoms with van der Waals surface area (Å²) in [5.41, 5.74) is 1.42. The van der Waals surface area contributed by atoms with E-state index in [1.54, 1.807) is 6.07 Å². The Balaban J connectivity index is 0.000000980. The Kier molecular flexibility index (Phi) is 3.49. The van der Waals surface area contributed by atoms with Crippen molar-refractivity contribution in [2.75, 3.05) is 13.7 Å². The van der Waals surface area contributed by atoms with Crippen LogP contribution in [-0.4, -0.2) is 29.4 Å². The van der Waals surface area contributed by atoms with Crippen LogP contribution in [0.15, 0.2) is 6.07 Å². The predicted molar refractivity (Wildman–Crippen MR) is 52.5 cm³/mol. The lowest BCUT2D eigenvalue weighted by Crippen LogP contribution is -2.28. The van der Waals surface area contributed by atoms with Crippen molar-refractivity contribution < 1.29 is 9.53 Å². The van der Waals surface area contributed by atoms with Crippen LogP contribution >= 0.6 is 12.4 Å². The highest BCUT2D eigenvalue weighted by Crippen LogP contribution is 2.08. The van der Waals surface area contributed by atoms with Crippen LogP contribution in [0.4, 0.5) is 0 Å². The second-order valence-electron chi connectivity index (χ2n) is 2.91. The van der Waals surface area contributed by atoms with Crippen LogP contribution in [0.3, 0.4) is 0 Å². The van der Waals surface area contributed by atoms with Crippen molar-refractivity contribution in [3.05, 3.63) is 17.5 Å². The van der Waals surface area contributed by atoms with Gasteiger partial charge < -0.3 is 10.1 Å². The molecule has 2 heterocycles. The van der Waals surface area contributed by atoms with Crippen molar-refractivity contribution in [3.8, 4) is 0 Å². The number of esters is 1. The van der Waals surface area contributed by atoms with Gasteiger partial charge in [-0.3, -0.25) is 4.68 Å². The molecule has 0 aliphatic carbocycles. The van der Waals surface area contributed by atoms with Gasteiger partial charge in [0, 0.05) is 13.1 Å². The van der Waals surface area contributed by atoms with E-state index in [4.69, 9.17) is 0 Å². The molecule has 0 unspecified atom stereocenters. The normalized spacial score (nSPS) is 14.1. The van der Waals surface area contributed by atoms with Gasteiger partial charge in [-0.15, -0.1) is 12.4 Å². The van der Waals surface area contributed by atoms with Gasteiger partial charge in [-0.05, 0) is 6.07 Å². The Morgan fingerprint density at radius 2 is 2.50 bits per heavy atom. The summed E-state index contributed by atoms with van der Waals surface area (Å²) >= 11 is 0. The van der Waals surface area contributed by atoms with Crippen molar-refractivity contribution >= 4 is 18.4 Å². The number of hydrogen-bond donors (Lipinski definition) is 1. The van der Waals surface area contributed by atoms with Crippen molar-refractivity contribution in [1.82, 2.24) is 15.1 Å². The zero-order valence-electron chi connectivity index (χ0n) is 7.82. The van der Waals surface area contributed by atoms with E-state index in [1.807, 2.05) is 4.68 Å². The number of nitrogens with zero attached hydrogens (tertiary/aromatic N) is 2. The summed E-state index contributed by atoms with van der Waals surface area (Å²) in [4.78, 5) is 11.1. The van der Waals surface area contributed by atoms with Gasteiger partial charge in [-0.1, -0.05) is 0 Å². The molecule has 0 amide bonds. The number of nitrogens with one attached hydrogen (secondary N) is 1. The first-order valence-electron chi connectivity index (χ1n) is 4.17. The first kappa shape index (κ1) is 11.0. The molecule has 1 aliphatic rings. The quantitative estimate of drug-likeness (QED) is 0.683.